The SMILES string of the molecule is O=S(=O)(OC(F)F)c1cccs1. The molecule has 0 amide bonds. The van der Waals surface area contributed by atoms with Crippen molar-refractivity contribution in [2.75, 3.05) is 0 Å². The summed E-state index contributed by atoms with van der Waals surface area (Å²) < 4.78 is 47.9. The molecule has 7 heteroatoms. The van der Waals surface area contributed by atoms with E-state index in [1.807, 2.05) is 0 Å². The number of alkyl halides is 2. The van der Waals surface area contributed by atoms with E-state index in [4.69, 9.17) is 0 Å². The van der Waals surface area contributed by atoms with Gasteiger partial charge in [-0.1, -0.05) is 6.07 Å². The molecule has 12 heavy (non-hydrogen) atoms. The average Bonchev–Trinajstić information content (AvgIpc) is 2.32. The predicted molar refractivity (Wildman–Crippen MR) is 38.6 cm³/mol. The molecule has 0 saturated carbocycles. The number of hydrogen-bond acceptors (Lipinski definition) is 4. The van der Waals surface area contributed by atoms with Crippen LogP contribution in [0.5, 0.6) is 0 Å². The van der Waals surface area contributed by atoms with E-state index in [1.54, 1.807) is 0 Å². The highest BCUT2D eigenvalue weighted by molar-refractivity contribution is 7.89. The third-order valence-corrected chi connectivity index (χ3v) is 3.53. The van der Waals surface area contributed by atoms with Crippen molar-refractivity contribution in [3.63, 3.8) is 0 Å². The minimum Gasteiger partial charge on any atom is -0.199 e. The molecule has 1 heterocycles. The highest BCUT2D eigenvalue weighted by atomic mass is 32.3. The first kappa shape index (κ1) is 9.56. The molecule has 0 radical (unpaired) electrons. The molecule has 1 aromatic rings. The van der Waals surface area contributed by atoms with Gasteiger partial charge in [-0.15, -0.1) is 11.3 Å². The minimum absolute atomic E-state index is 0.220. The Labute approximate surface area is 71.7 Å². The number of thiophene rings is 1. The quantitative estimate of drug-likeness (QED) is 0.719. The maximum absolute atomic E-state index is 11.5. The van der Waals surface area contributed by atoms with E-state index >= 15 is 0 Å². The van der Waals surface area contributed by atoms with Gasteiger partial charge in [-0.2, -0.15) is 21.4 Å². The third kappa shape index (κ3) is 2.23. The fourth-order valence-corrected chi connectivity index (χ4v) is 2.28. The van der Waals surface area contributed by atoms with Crippen LogP contribution in [0, 0.1) is 0 Å². The zero-order valence-electron chi connectivity index (χ0n) is 5.61. The van der Waals surface area contributed by atoms with Gasteiger partial charge in [0.25, 0.3) is 0 Å². The number of halogens is 2. The molecule has 68 valence electrons. The van der Waals surface area contributed by atoms with Crippen LogP contribution in [-0.2, 0) is 14.3 Å². The molecule has 0 atom stereocenters. The maximum Gasteiger partial charge on any atom is 0.359 e. The molecule has 0 unspecified atom stereocenters. The average molecular weight is 214 g/mol. The van der Waals surface area contributed by atoms with E-state index < -0.39 is 16.7 Å². The van der Waals surface area contributed by atoms with Gasteiger partial charge in [-0.25, -0.2) is 0 Å². The van der Waals surface area contributed by atoms with Gasteiger partial charge >= 0.3 is 16.7 Å². The highest BCUT2D eigenvalue weighted by Gasteiger charge is 2.21. The topological polar surface area (TPSA) is 43.4 Å². The van der Waals surface area contributed by atoms with Crippen LogP contribution in [0.3, 0.4) is 0 Å². The smallest absolute Gasteiger partial charge is 0.199 e. The monoisotopic (exact) mass is 214 g/mol. The first-order valence-corrected chi connectivity index (χ1v) is 5.06. The van der Waals surface area contributed by atoms with Crippen molar-refractivity contribution in [2.45, 2.75) is 10.8 Å². The zero-order valence-corrected chi connectivity index (χ0v) is 7.24. The van der Waals surface area contributed by atoms with Crippen molar-refractivity contribution < 1.29 is 21.4 Å². The van der Waals surface area contributed by atoms with E-state index in [2.05, 4.69) is 4.18 Å². The summed E-state index contributed by atoms with van der Waals surface area (Å²) in [5, 5.41) is 1.46. The molecule has 0 aliphatic rings. The lowest BCUT2D eigenvalue weighted by Crippen LogP contribution is -2.08. The molecule has 0 N–H and O–H groups in total. The van der Waals surface area contributed by atoms with Crippen molar-refractivity contribution in [2.24, 2.45) is 0 Å². The first-order valence-electron chi connectivity index (χ1n) is 2.77. The summed E-state index contributed by atoms with van der Waals surface area (Å²) in [4.78, 5) is 0. The molecular formula is C5H4F2O3S2. The van der Waals surface area contributed by atoms with Crippen LogP contribution >= 0.6 is 11.3 Å². The molecule has 1 rings (SSSR count). The van der Waals surface area contributed by atoms with Crippen molar-refractivity contribution in [3.8, 4) is 0 Å². The lowest BCUT2D eigenvalue weighted by molar-refractivity contribution is -0.0443. The van der Waals surface area contributed by atoms with Gasteiger partial charge in [0.05, 0.1) is 0 Å². The van der Waals surface area contributed by atoms with Gasteiger partial charge in [0.15, 0.2) is 0 Å². The van der Waals surface area contributed by atoms with Crippen LogP contribution in [0.2, 0.25) is 0 Å². The summed E-state index contributed by atoms with van der Waals surface area (Å²) in [7, 11) is -4.25. The van der Waals surface area contributed by atoms with Crippen LogP contribution in [0.1, 0.15) is 0 Å². The Kier molecular flexibility index (Phi) is 2.76. The summed E-state index contributed by atoms with van der Waals surface area (Å²) in [5.41, 5.74) is 0. The van der Waals surface area contributed by atoms with Crippen molar-refractivity contribution >= 4 is 21.5 Å². The fourth-order valence-electron chi connectivity index (χ4n) is 0.549. The second-order valence-electron chi connectivity index (χ2n) is 1.74. The van der Waals surface area contributed by atoms with E-state index in [9.17, 15) is 17.2 Å². The van der Waals surface area contributed by atoms with Gasteiger partial charge in [0.1, 0.15) is 4.21 Å². The summed E-state index contributed by atoms with van der Waals surface area (Å²) in [6.07, 6.45) is 0. The fraction of sp³-hybridized carbons (Fsp3) is 0.200. The lowest BCUT2D eigenvalue weighted by atomic mass is 10.7. The maximum atomic E-state index is 11.5. The lowest BCUT2D eigenvalue weighted by Gasteiger charge is -1.99. The van der Waals surface area contributed by atoms with Gasteiger partial charge in [-0.3, -0.25) is 0 Å². The van der Waals surface area contributed by atoms with E-state index in [-0.39, 0.29) is 4.21 Å². The zero-order chi connectivity index (χ0) is 9.19. The Morgan fingerprint density at radius 3 is 2.58 bits per heavy atom. The van der Waals surface area contributed by atoms with Crippen LogP contribution in [0.4, 0.5) is 8.78 Å². The summed E-state index contributed by atoms with van der Waals surface area (Å²) >= 11 is 0.826. The molecule has 0 spiro atoms. The summed E-state index contributed by atoms with van der Waals surface area (Å²) in [6.45, 7) is -3.31. The van der Waals surface area contributed by atoms with Crippen LogP contribution < -0.4 is 0 Å². The highest BCUT2D eigenvalue weighted by Crippen LogP contribution is 2.19. The van der Waals surface area contributed by atoms with Crippen LogP contribution in [0.25, 0.3) is 0 Å². The van der Waals surface area contributed by atoms with Crippen molar-refractivity contribution in [3.05, 3.63) is 17.5 Å². The van der Waals surface area contributed by atoms with Crippen molar-refractivity contribution in [1.29, 1.82) is 0 Å². The summed E-state index contributed by atoms with van der Waals surface area (Å²) in [5.74, 6) is 0. The van der Waals surface area contributed by atoms with Crippen LogP contribution in [0.15, 0.2) is 21.7 Å². The van der Waals surface area contributed by atoms with Gasteiger partial charge in [-0.05, 0) is 11.4 Å². The normalized spacial score (nSPS) is 12.2. The number of hydrogen-bond donors (Lipinski definition) is 0. The molecule has 0 bridgehead atoms. The third-order valence-electron chi connectivity index (χ3n) is 0.941. The standard InChI is InChI=1S/C5H4F2O3S2/c6-5(7)10-12(8,9)4-2-1-3-11-4/h1-3,5H. The second kappa shape index (κ2) is 3.46. The first-order chi connectivity index (χ1) is 5.52. The molecular weight excluding hydrogens is 210 g/mol. The van der Waals surface area contributed by atoms with Gasteiger partial charge < -0.3 is 0 Å². The molecule has 0 saturated heterocycles. The Balaban J connectivity index is 2.88. The van der Waals surface area contributed by atoms with Crippen molar-refractivity contribution in [1.82, 2.24) is 0 Å². The van der Waals surface area contributed by atoms with Gasteiger partial charge in [0, 0.05) is 0 Å². The number of rotatable bonds is 3. The summed E-state index contributed by atoms with van der Waals surface area (Å²) in [6, 6.07) is 2.63. The van der Waals surface area contributed by atoms with Crippen LogP contribution in [-0.4, -0.2) is 15.0 Å². The molecule has 0 aliphatic heterocycles. The molecule has 0 fully saturated rings. The molecule has 0 aliphatic carbocycles. The Bertz CT molecular complexity index is 330. The Morgan fingerprint density at radius 1 is 1.50 bits per heavy atom. The molecule has 0 aromatic carbocycles. The molecule has 3 nitrogen and oxygen atoms in total. The Hall–Kier alpha value is -0.530. The van der Waals surface area contributed by atoms with E-state index in [0.717, 1.165) is 11.3 Å². The minimum atomic E-state index is -4.25. The molecule has 1 aromatic heterocycles. The van der Waals surface area contributed by atoms with E-state index in [0.29, 0.717) is 0 Å². The van der Waals surface area contributed by atoms with E-state index in [1.165, 1.54) is 17.5 Å². The second-order valence-corrected chi connectivity index (χ2v) is 4.49. The predicted octanol–water partition coefficient (Wildman–Crippen LogP) is 1.68. The van der Waals surface area contributed by atoms with Gasteiger partial charge in [0.2, 0.25) is 0 Å². The Morgan fingerprint density at radius 2 is 2.17 bits per heavy atom. The largest absolute Gasteiger partial charge is 0.359 e.